The van der Waals surface area contributed by atoms with Crippen LogP contribution in [0.25, 0.3) is 0 Å². The van der Waals surface area contributed by atoms with Gasteiger partial charge in [-0.15, -0.1) is 0 Å². The summed E-state index contributed by atoms with van der Waals surface area (Å²) in [4.78, 5) is 0. The first-order valence-electron chi connectivity index (χ1n) is 6.71. The molecule has 0 aliphatic heterocycles. The normalized spacial score (nSPS) is 43.7. The maximum Gasteiger partial charge on any atom is 0.184 e. The topological polar surface area (TPSA) is 33.0 Å². The molecule has 0 amide bonds. The summed E-state index contributed by atoms with van der Waals surface area (Å²) in [6.45, 7) is 13.6. The lowest BCUT2D eigenvalue weighted by atomic mass is 9.42. The van der Waals surface area contributed by atoms with Crippen molar-refractivity contribution in [3.63, 3.8) is 0 Å². The summed E-state index contributed by atoms with van der Waals surface area (Å²) in [6, 6.07) is 2.51. The van der Waals surface area contributed by atoms with Gasteiger partial charge in [-0.25, -0.2) is 0 Å². The number of hydrogen-bond donors (Lipinski definition) is 0. The van der Waals surface area contributed by atoms with Gasteiger partial charge in [0.25, 0.3) is 0 Å². The number of hydrogen-bond acceptors (Lipinski definition) is 2. The van der Waals surface area contributed by atoms with Crippen LogP contribution in [-0.4, -0.2) is 13.9 Å². The highest BCUT2D eigenvalue weighted by molar-refractivity contribution is 6.69. The van der Waals surface area contributed by atoms with Crippen molar-refractivity contribution in [2.24, 2.45) is 23.2 Å². The van der Waals surface area contributed by atoms with Crippen LogP contribution in [0.5, 0.6) is 0 Å². The average Bonchev–Trinajstić information content (AvgIpc) is 2.13. The molecule has 3 rings (SSSR count). The van der Waals surface area contributed by atoms with Crippen molar-refractivity contribution in [2.45, 2.75) is 58.9 Å². The Kier molecular flexibility index (Phi) is 2.76. The molecule has 3 aliphatic rings. The molecular weight excluding hydrogens is 226 g/mol. The molecule has 4 atom stereocenters. The summed E-state index contributed by atoms with van der Waals surface area (Å²) in [6.07, 6.45) is 2.28. The molecule has 3 heteroatoms. The van der Waals surface area contributed by atoms with Crippen LogP contribution in [-0.2, 0) is 4.43 Å². The fourth-order valence-electron chi connectivity index (χ4n) is 4.13. The van der Waals surface area contributed by atoms with Gasteiger partial charge in [-0.3, -0.25) is 0 Å². The van der Waals surface area contributed by atoms with E-state index >= 15 is 0 Å². The largest absolute Gasteiger partial charge is 0.411 e. The van der Waals surface area contributed by atoms with E-state index in [0.29, 0.717) is 11.3 Å². The fourth-order valence-corrected chi connectivity index (χ4v) is 5.74. The highest BCUT2D eigenvalue weighted by Gasteiger charge is 2.64. The van der Waals surface area contributed by atoms with Crippen molar-refractivity contribution in [1.82, 2.24) is 0 Å². The van der Waals surface area contributed by atoms with E-state index in [2.05, 4.69) is 46.5 Å². The number of nitrogens with zero attached hydrogens (tertiary/aromatic N) is 1. The summed E-state index contributed by atoms with van der Waals surface area (Å²) >= 11 is 0. The SMILES string of the molecule is CC1(C)C2CC1[C@](C)(O[Si](C)(C)C)[C@@H](C#N)C2. The molecule has 2 nitrogen and oxygen atoms in total. The zero-order chi connectivity index (χ0) is 13.1. The first-order chi connectivity index (χ1) is 7.61. The molecule has 0 radical (unpaired) electrons. The lowest BCUT2D eigenvalue weighted by Gasteiger charge is -2.66. The first-order valence-corrected chi connectivity index (χ1v) is 10.1. The minimum atomic E-state index is -1.61. The summed E-state index contributed by atoms with van der Waals surface area (Å²) < 4.78 is 6.47. The van der Waals surface area contributed by atoms with E-state index in [1.807, 2.05) is 0 Å². The zero-order valence-corrected chi connectivity index (χ0v) is 13.0. The van der Waals surface area contributed by atoms with E-state index in [4.69, 9.17) is 4.43 Å². The highest BCUT2D eigenvalue weighted by atomic mass is 28.4. The van der Waals surface area contributed by atoms with E-state index in [9.17, 15) is 5.26 Å². The van der Waals surface area contributed by atoms with Crippen molar-refractivity contribution in [1.29, 1.82) is 5.26 Å². The second-order valence-electron chi connectivity index (χ2n) is 7.62. The van der Waals surface area contributed by atoms with Crippen LogP contribution in [0, 0.1) is 34.5 Å². The van der Waals surface area contributed by atoms with Crippen molar-refractivity contribution < 1.29 is 4.43 Å². The van der Waals surface area contributed by atoms with E-state index in [-0.39, 0.29) is 11.5 Å². The quantitative estimate of drug-likeness (QED) is 0.699. The van der Waals surface area contributed by atoms with E-state index in [1.54, 1.807) is 0 Å². The van der Waals surface area contributed by atoms with Gasteiger partial charge in [0.1, 0.15) is 0 Å². The monoisotopic (exact) mass is 251 g/mol. The van der Waals surface area contributed by atoms with Crippen LogP contribution in [0.4, 0.5) is 0 Å². The first kappa shape index (κ1) is 13.1. The minimum absolute atomic E-state index is 0.0889. The van der Waals surface area contributed by atoms with Gasteiger partial charge in [0.2, 0.25) is 0 Å². The molecule has 2 unspecified atom stereocenters. The predicted molar refractivity (Wildman–Crippen MR) is 71.9 cm³/mol. The van der Waals surface area contributed by atoms with Crippen LogP contribution in [0.3, 0.4) is 0 Å². The number of fused-ring (bicyclic) bond motifs is 2. The average molecular weight is 251 g/mol. The van der Waals surface area contributed by atoms with Crippen molar-refractivity contribution >= 4 is 8.32 Å². The molecule has 17 heavy (non-hydrogen) atoms. The van der Waals surface area contributed by atoms with Gasteiger partial charge in [0.05, 0.1) is 17.6 Å². The Labute approximate surface area is 106 Å². The van der Waals surface area contributed by atoms with Gasteiger partial charge in [0.15, 0.2) is 8.32 Å². The van der Waals surface area contributed by atoms with Gasteiger partial charge in [-0.1, -0.05) is 13.8 Å². The third-order valence-corrected chi connectivity index (χ3v) is 6.11. The molecule has 0 saturated heterocycles. The van der Waals surface area contributed by atoms with Gasteiger partial charge < -0.3 is 4.43 Å². The summed E-state index contributed by atoms with van der Waals surface area (Å²) in [5, 5.41) is 9.42. The number of nitriles is 1. The third-order valence-electron chi connectivity index (χ3n) is 5.06. The minimum Gasteiger partial charge on any atom is -0.411 e. The maximum absolute atomic E-state index is 9.42. The van der Waals surface area contributed by atoms with Gasteiger partial charge in [0, 0.05) is 0 Å². The molecular formula is C14H25NOSi. The van der Waals surface area contributed by atoms with Crippen LogP contribution in [0.2, 0.25) is 19.6 Å². The Hall–Kier alpha value is -0.333. The molecule has 0 aromatic heterocycles. The number of rotatable bonds is 2. The Balaban J connectivity index is 2.31. The van der Waals surface area contributed by atoms with Crippen molar-refractivity contribution in [3.8, 4) is 6.07 Å². The van der Waals surface area contributed by atoms with Crippen molar-refractivity contribution in [2.75, 3.05) is 0 Å². The molecule has 96 valence electrons. The van der Waals surface area contributed by atoms with Crippen LogP contribution in [0.1, 0.15) is 33.6 Å². The van der Waals surface area contributed by atoms with Gasteiger partial charge in [-0.2, -0.15) is 5.26 Å². The summed E-state index contributed by atoms with van der Waals surface area (Å²) in [5.74, 6) is 1.38. The fraction of sp³-hybridized carbons (Fsp3) is 0.929. The van der Waals surface area contributed by atoms with Crippen molar-refractivity contribution in [3.05, 3.63) is 0 Å². The van der Waals surface area contributed by atoms with E-state index in [1.165, 1.54) is 6.42 Å². The van der Waals surface area contributed by atoms with Gasteiger partial charge >= 0.3 is 0 Å². The molecule has 3 saturated carbocycles. The van der Waals surface area contributed by atoms with E-state index in [0.717, 1.165) is 12.3 Å². The Morgan fingerprint density at radius 1 is 1.18 bits per heavy atom. The standard InChI is InChI=1S/C14H25NOSi/c1-13(2)10-7-11(9-15)14(3,12(13)8-10)16-17(4,5)6/h10-12H,7-8H2,1-6H3/t10?,11-,12?,14-/m1/s1. The molecule has 2 bridgehead atoms. The third kappa shape index (κ3) is 1.86. The smallest absolute Gasteiger partial charge is 0.184 e. The second kappa shape index (κ2) is 3.58. The van der Waals surface area contributed by atoms with Crippen LogP contribution in [0.15, 0.2) is 0 Å². The Bertz CT molecular complexity index is 365. The molecule has 3 fully saturated rings. The summed E-state index contributed by atoms with van der Waals surface area (Å²) in [5.41, 5.74) is 0.152. The predicted octanol–water partition coefficient (Wildman–Crippen LogP) is 3.80. The molecule has 0 N–H and O–H groups in total. The lowest BCUT2D eigenvalue weighted by Crippen LogP contribution is -2.66. The molecule has 0 heterocycles. The zero-order valence-electron chi connectivity index (χ0n) is 12.0. The Morgan fingerprint density at radius 2 is 1.76 bits per heavy atom. The van der Waals surface area contributed by atoms with Crippen LogP contribution >= 0.6 is 0 Å². The Morgan fingerprint density at radius 3 is 2.18 bits per heavy atom. The van der Waals surface area contributed by atoms with Crippen LogP contribution < -0.4 is 0 Å². The summed E-state index contributed by atoms with van der Waals surface area (Å²) in [7, 11) is -1.61. The van der Waals surface area contributed by atoms with E-state index < -0.39 is 8.32 Å². The second-order valence-corrected chi connectivity index (χ2v) is 12.1. The van der Waals surface area contributed by atoms with Gasteiger partial charge in [-0.05, 0) is 56.7 Å². The molecule has 3 aliphatic carbocycles. The maximum atomic E-state index is 9.42. The molecule has 0 aromatic carbocycles. The molecule has 0 aromatic rings. The lowest BCUT2D eigenvalue weighted by molar-refractivity contribution is -0.203. The molecule has 0 spiro atoms. The highest BCUT2D eigenvalue weighted by Crippen LogP contribution is 2.65.